The second-order valence-corrected chi connectivity index (χ2v) is 4.85. The van der Waals surface area contributed by atoms with Gasteiger partial charge in [-0.05, 0) is 12.0 Å². The molecule has 6 nitrogen and oxygen atoms in total. The minimum Gasteiger partial charge on any atom is -0.354 e. The molecule has 0 aliphatic heterocycles. The molecule has 0 fully saturated rings. The lowest BCUT2D eigenvalue weighted by Crippen LogP contribution is -2.20. The van der Waals surface area contributed by atoms with Crippen molar-refractivity contribution in [1.82, 2.24) is 15.2 Å². The Morgan fingerprint density at radius 1 is 1.33 bits per heavy atom. The van der Waals surface area contributed by atoms with Gasteiger partial charge in [-0.25, -0.2) is 4.98 Å². The number of hydrogen-bond donors (Lipinski definition) is 1. The van der Waals surface area contributed by atoms with Crippen LogP contribution in [0.25, 0.3) is 0 Å². The molecule has 2 rings (SSSR count). The Hall–Kier alpha value is -2.57. The first-order chi connectivity index (χ1) is 10.1. The van der Waals surface area contributed by atoms with Crippen LogP contribution in [0.5, 0.6) is 0 Å². The van der Waals surface area contributed by atoms with E-state index < -0.39 is 0 Å². The van der Waals surface area contributed by atoms with E-state index in [0.29, 0.717) is 29.9 Å². The fraction of sp³-hybridized carbons (Fsp3) is 0.286. The average Bonchev–Trinajstić information content (AvgIpc) is 2.98. The number of pyridine rings is 1. The van der Waals surface area contributed by atoms with Crippen molar-refractivity contribution in [2.45, 2.75) is 19.9 Å². The van der Waals surface area contributed by atoms with Crippen LogP contribution in [0.15, 0.2) is 12.4 Å². The Balaban J connectivity index is 2.51. The molecule has 7 heteroatoms. The number of aromatic amines is 1. The van der Waals surface area contributed by atoms with Crippen LogP contribution in [0.4, 0.5) is 5.82 Å². The Bertz CT molecular complexity index is 723. The maximum Gasteiger partial charge on any atom is 0.149 e. The monoisotopic (exact) mass is 300 g/mol. The van der Waals surface area contributed by atoms with E-state index in [1.807, 2.05) is 24.9 Å². The lowest BCUT2D eigenvalue weighted by atomic mass is 10.0. The predicted octanol–water partition coefficient (Wildman–Crippen LogP) is 2.40. The molecule has 2 heterocycles. The van der Waals surface area contributed by atoms with Gasteiger partial charge in [-0.15, -0.1) is 0 Å². The molecule has 0 aromatic carbocycles. The van der Waals surface area contributed by atoms with Crippen LogP contribution in [-0.4, -0.2) is 22.2 Å². The summed E-state index contributed by atoms with van der Waals surface area (Å²) in [7, 11) is 1.82. The molecule has 0 spiro atoms. The van der Waals surface area contributed by atoms with E-state index in [2.05, 4.69) is 21.3 Å². The first kappa shape index (κ1) is 14.8. The number of nitrogens with one attached hydrogen (secondary N) is 1. The van der Waals surface area contributed by atoms with Gasteiger partial charge in [-0.3, -0.25) is 5.10 Å². The molecule has 0 saturated carbocycles. The summed E-state index contributed by atoms with van der Waals surface area (Å²) in [5.74, 6) is 0.472. The summed E-state index contributed by atoms with van der Waals surface area (Å²) in [6.07, 6.45) is 4.02. The molecule has 1 N–H and O–H groups in total. The molecule has 0 bridgehead atoms. The highest BCUT2D eigenvalue weighted by atomic mass is 35.5. The summed E-state index contributed by atoms with van der Waals surface area (Å²) in [6.45, 7) is 2.41. The van der Waals surface area contributed by atoms with E-state index >= 15 is 0 Å². The van der Waals surface area contributed by atoms with Crippen molar-refractivity contribution in [1.29, 1.82) is 10.5 Å². The second-order valence-electron chi connectivity index (χ2n) is 4.49. The Morgan fingerprint density at radius 2 is 2.05 bits per heavy atom. The molecule has 0 amide bonds. The van der Waals surface area contributed by atoms with Gasteiger partial charge >= 0.3 is 0 Å². The van der Waals surface area contributed by atoms with E-state index in [1.165, 1.54) is 0 Å². The fourth-order valence-electron chi connectivity index (χ4n) is 2.16. The van der Waals surface area contributed by atoms with Crippen molar-refractivity contribution in [3.8, 4) is 12.1 Å². The number of halogens is 1. The van der Waals surface area contributed by atoms with Crippen molar-refractivity contribution in [3.05, 3.63) is 39.8 Å². The molecule has 0 aliphatic rings. The van der Waals surface area contributed by atoms with Crippen LogP contribution >= 0.6 is 11.6 Å². The highest BCUT2D eigenvalue weighted by Gasteiger charge is 2.20. The van der Waals surface area contributed by atoms with Crippen molar-refractivity contribution in [3.63, 3.8) is 0 Å². The van der Waals surface area contributed by atoms with Gasteiger partial charge in [0.15, 0.2) is 0 Å². The van der Waals surface area contributed by atoms with Crippen molar-refractivity contribution < 1.29 is 0 Å². The molecule has 0 saturated heterocycles. The number of anilines is 1. The smallest absolute Gasteiger partial charge is 0.149 e. The van der Waals surface area contributed by atoms with E-state index in [4.69, 9.17) is 11.6 Å². The first-order valence-electron chi connectivity index (χ1n) is 6.33. The number of rotatable bonds is 4. The lowest BCUT2D eigenvalue weighted by molar-refractivity contribution is 0.889. The van der Waals surface area contributed by atoms with E-state index in [9.17, 15) is 10.5 Å². The van der Waals surface area contributed by atoms with E-state index in [1.54, 1.807) is 12.4 Å². The standard InChI is InChI=1S/C14H13ClN6/c1-3-10-11(4-16)13(15)20-14(12(10)5-17)21(2)8-9-6-18-19-7-9/h6-7H,3,8H2,1-2H3,(H,18,19). The number of hydrogen-bond acceptors (Lipinski definition) is 5. The molecule has 0 radical (unpaired) electrons. The quantitative estimate of drug-likeness (QED) is 0.875. The fourth-order valence-corrected chi connectivity index (χ4v) is 2.40. The van der Waals surface area contributed by atoms with Gasteiger partial charge in [-0.2, -0.15) is 15.6 Å². The number of nitrogens with zero attached hydrogens (tertiary/aromatic N) is 5. The molecular weight excluding hydrogens is 288 g/mol. The van der Waals surface area contributed by atoms with E-state index in [0.717, 1.165) is 5.56 Å². The highest BCUT2D eigenvalue weighted by Crippen LogP contribution is 2.29. The van der Waals surface area contributed by atoms with Gasteiger partial charge in [0.05, 0.1) is 17.3 Å². The van der Waals surface area contributed by atoms with Crippen molar-refractivity contribution in [2.24, 2.45) is 0 Å². The third-order valence-electron chi connectivity index (χ3n) is 3.15. The van der Waals surface area contributed by atoms with Crippen molar-refractivity contribution in [2.75, 3.05) is 11.9 Å². The molecule has 0 aliphatic carbocycles. The van der Waals surface area contributed by atoms with Crippen molar-refractivity contribution >= 4 is 17.4 Å². The van der Waals surface area contributed by atoms with Crippen LogP contribution in [0.2, 0.25) is 5.15 Å². The van der Waals surface area contributed by atoms with Crippen LogP contribution in [0.3, 0.4) is 0 Å². The maximum absolute atomic E-state index is 9.43. The zero-order valence-corrected chi connectivity index (χ0v) is 12.4. The zero-order valence-electron chi connectivity index (χ0n) is 11.7. The topological polar surface area (TPSA) is 92.4 Å². The Labute approximate surface area is 127 Å². The summed E-state index contributed by atoms with van der Waals surface area (Å²) in [5, 5.41) is 25.4. The molecular formula is C14H13ClN6. The van der Waals surface area contributed by atoms with Crippen LogP contribution in [0, 0.1) is 22.7 Å². The minimum absolute atomic E-state index is 0.127. The molecule has 0 atom stereocenters. The summed E-state index contributed by atoms with van der Waals surface area (Å²) in [6, 6.07) is 4.16. The number of aromatic nitrogens is 3. The third kappa shape index (κ3) is 2.81. The summed E-state index contributed by atoms with van der Waals surface area (Å²) in [5.41, 5.74) is 2.26. The summed E-state index contributed by atoms with van der Waals surface area (Å²) >= 11 is 6.08. The highest BCUT2D eigenvalue weighted by molar-refractivity contribution is 6.30. The van der Waals surface area contributed by atoms with Gasteiger partial charge in [0.25, 0.3) is 0 Å². The van der Waals surface area contributed by atoms with Crippen LogP contribution in [0.1, 0.15) is 29.2 Å². The summed E-state index contributed by atoms with van der Waals surface area (Å²) < 4.78 is 0. The largest absolute Gasteiger partial charge is 0.354 e. The molecule has 106 valence electrons. The van der Waals surface area contributed by atoms with Gasteiger partial charge in [0, 0.05) is 25.4 Å². The summed E-state index contributed by atoms with van der Waals surface area (Å²) in [4.78, 5) is 6.03. The Morgan fingerprint density at radius 3 is 2.57 bits per heavy atom. The van der Waals surface area contributed by atoms with E-state index in [-0.39, 0.29) is 10.7 Å². The molecule has 0 unspecified atom stereocenters. The van der Waals surface area contributed by atoms with Gasteiger partial charge in [-0.1, -0.05) is 18.5 Å². The molecule has 2 aromatic rings. The SMILES string of the molecule is CCc1c(C#N)c(Cl)nc(N(C)Cc2cn[nH]c2)c1C#N. The second kappa shape index (κ2) is 6.25. The first-order valence-corrected chi connectivity index (χ1v) is 6.71. The Kier molecular flexibility index (Phi) is 4.42. The molecule has 21 heavy (non-hydrogen) atoms. The van der Waals surface area contributed by atoms with Gasteiger partial charge in [0.1, 0.15) is 23.1 Å². The van der Waals surface area contributed by atoms with Crippen LogP contribution < -0.4 is 4.90 Å². The number of nitriles is 2. The average molecular weight is 301 g/mol. The third-order valence-corrected chi connectivity index (χ3v) is 3.42. The normalized spacial score (nSPS) is 9.95. The predicted molar refractivity (Wildman–Crippen MR) is 78.7 cm³/mol. The maximum atomic E-state index is 9.43. The van der Waals surface area contributed by atoms with Gasteiger partial charge < -0.3 is 4.90 Å². The lowest BCUT2D eigenvalue weighted by Gasteiger charge is -2.20. The van der Waals surface area contributed by atoms with Crippen LogP contribution in [-0.2, 0) is 13.0 Å². The zero-order chi connectivity index (χ0) is 15.4. The molecule has 2 aromatic heterocycles. The minimum atomic E-state index is 0.127. The number of H-pyrrole nitrogens is 1. The van der Waals surface area contributed by atoms with Gasteiger partial charge in [0.2, 0.25) is 0 Å².